The highest BCUT2D eigenvalue weighted by Gasteiger charge is 2.30. The number of benzene rings is 2. The number of halogens is 4. The van der Waals surface area contributed by atoms with Crippen molar-refractivity contribution in [1.29, 1.82) is 0 Å². The van der Waals surface area contributed by atoms with Crippen molar-refractivity contribution in [1.82, 2.24) is 25.6 Å². The van der Waals surface area contributed by atoms with Gasteiger partial charge in [-0.3, -0.25) is 4.79 Å². The zero-order chi connectivity index (χ0) is 19.9. The lowest BCUT2D eigenvalue weighted by atomic mass is 10.1. The zero-order valence-electron chi connectivity index (χ0n) is 13.8. The second-order valence-corrected chi connectivity index (χ2v) is 6.78. The number of hydrogen-bond donors (Lipinski definition) is 3. The van der Waals surface area contributed by atoms with Gasteiger partial charge >= 0.3 is 6.18 Å². The SMILES string of the molecule is O=C(Nc1ccc(Br)cc1-c1nn[nH]n1)c1cc2ccc(C(F)(F)F)cc2[nH]1. The van der Waals surface area contributed by atoms with Crippen LogP contribution in [0.15, 0.2) is 46.9 Å². The van der Waals surface area contributed by atoms with E-state index >= 15 is 0 Å². The second kappa shape index (κ2) is 6.75. The number of hydrogen-bond acceptors (Lipinski definition) is 4. The molecule has 4 rings (SSSR count). The van der Waals surface area contributed by atoms with Crippen molar-refractivity contribution < 1.29 is 18.0 Å². The molecule has 4 aromatic rings. The number of alkyl halides is 3. The predicted molar refractivity (Wildman–Crippen MR) is 98.6 cm³/mol. The molecule has 142 valence electrons. The van der Waals surface area contributed by atoms with Gasteiger partial charge in [0.2, 0.25) is 5.82 Å². The molecule has 3 N–H and O–H groups in total. The summed E-state index contributed by atoms with van der Waals surface area (Å²) in [5, 5.41) is 16.8. The van der Waals surface area contributed by atoms with E-state index in [2.05, 4.69) is 46.9 Å². The lowest BCUT2D eigenvalue weighted by molar-refractivity contribution is -0.137. The number of nitrogens with zero attached hydrogens (tertiary/aromatic N) is 3. The highest BCUT2D eigenvalue weighted by molar-refractivity contribution is 9.10. The Labute approximate surface area is 163 Å². The topological polar surface area (TPSA) is 99.3 Å². The molecule has 0 aliphatic heterocycles. The molecular formula is C17H10BrF3N6O. The first kappa shape index (κ1) is 18.2. The summed E-state index contributed by atoms with van der Waals surface area (Å²) in [6.45, 7) is 0. The van der Waals surface area contributed by atoms with Crippen molar-refractivity contribution in [3.63, 3.8) is 0 Å². The summed E-state index contributed by atoms with van der Waals surface area (Å²) in [4.78, 5) is 15.4. The minimum Gasteiger partial charge on any atom is -0.351 e. The first-order chi connectivity index (χ1) is 13.3. The zero-order valence-corrected chi connectivity index (χ0v) is 15.4. The smallest absolute Gasteiger partial charge is 0.351 e. The first-order valence-corrected chi connectivity index (χ1v) is 8.65. The number of anilines is 1. The Kier molecular flexibility index (Phi) is 4.38. The predicted octanol–water partition coefficient (Wildman–Crippen LogP) is 4.38. The molecule has 0 aliphatic rings. The highest BCUT2D eigenvalue weighted by atomic mass is 79.9. The third kappa shape index (κ3) is 3.48. The average molecular weight is 451 g/mol. The Bertz CT molecular complexity index is 1170. The van der Waals surface area contributed by atoms with Crippen LogP contribution in [0.1, 0.15) is 16.1 Å². The minimum absolute atomic E-state index is 0.122. The van der Waals surface area contributed by atoms with Crippen molar-refractivity contribution in [3.8, 4) is 11.4 Å². The minimum atomic E-state index is -4.46. The Morgan fingerprint density at radius 1 is 1.11 bits per heavy atom. The molecule has 0 saturated heterocycles. The van der Waals surface area contributed by atoms with Crippen molar-refractivity contribution in [3.05, 3.63) is 58.2 Å². The van der Waals surface area contributed by atoms with Gasteiger partial charge in [0.05, 0.1) is 11.3 Å². The van der Waals surface area contributed by atoms with E-state index in [9.17, 15) is 18.0 Å². The van der Waals surface area contributed by atoms with Gasteiger partial charge in [0.25, 0.3) is 5.91 Å². The number of carbonyl (C=O) groups is 1. The second-order valence-electron chi connectivity index (χ2n) is 5.86. The molecule has 0 aliphatic carbocycles. The van der Waals surface area contributed by atoms with Crippen LogP contribution in [0.3, 0.4) is 0 Å². The summed E-state index contributed by atoms with van der Waals surface area (Å²) < 4.78 is 39.3. The maximum absolute atomic E-state index is 12.9. The highest BCUT2D eigenvalue weighted by Crippen LogP contribution is 2.32. The number of aromatic nitrogens is 5. The molecular weight excluding hydrogens is 441 g/mol. The van der Waals surface area contributed by atoms with E-state index in [0.29, 0.717) is 16.6 Å². The third-order valence-corrected chi connectivity index (χ3v) is 4.50. The van der Waals surface area contributed by atoms with Crippen LogP contribution < -0.4 is 5.32 Å². The van der Waals surface area contributed by atoms with Gasteiger partial charge < -0.3 is 10.3 Å². The molecule has 2 aromatic heterocycles. The standard InChI is InChI=1S/C17H10BrF3N6O/c18-10-3-4-12(11(7-10)15-24-26-27-25-15)23-16(28)14-5-8-1-2-9(17(19,20)21)6-13(8)22-14/h1-7,22H,(H,23,28)(H,24,25,26,27). The fraction of sp³-hybridized carbons (Fsp3) is 0.0588. The van der Waals surface area contributed by atoms with Crippen LogP contribution in [0.5, 0.6) is 0 Å². The Balaban J connectivity index is 1.66. The molecule has 2 heterocycles. The largest absolute Gasteiger partial charge is 0.416 e. The number of tetrazole rings is 1. The normalized spacial score (nSPS) is 11.7. The molecule has 2 aromatic carbocycles. The summed E-state index contributed by atoms with van der Waals surface area (Å²) in [5.74, 6) is -0.236. The van der Waals surface area contributed by atoms with E-state index in [1.165, 1.54) is 12.1 Å². The van der Waals surface area contributed by atoms with Gasteiger partial charge in [0, 0.05) is 20.9 Å². The van der Waals surface area contributed by atoms with Gasteiger partial charge in [-0.05, 0) is 41.6 Å². The fourth-order valence-corrected chi connectivity index (χ4v) is 3.06. The molecule has 0 radical (unpaired) electrons. The van der Waals surface area contributed by atoms with Crippen molar-refractivity contribution in [2.45, 2.75) is 6.18 Å². The van der Waals surface area contributed by atoms with Gasteiger partial charge in [-0.2, -0.15) is 18.4 Å². The van der Waals surface area contributed by atoms with Crippen LogP contribution in [0, 0.1) is 0 Å². The number of aromatic amines is 2. The van der Waals surface area contributed by atoms with Crippen molar-refractivity contribution in [2.24, 2.45) is 0 Å². The number of rotatable bonds is 3. The fourth-order valence-electron chi connectivity index (χ4n) is 2.70. The summed E-state index contributed by atoms with van der Waals surface area (Å²) in [5.41, 5.74) is 0.489. The van der Waals surface area contributed by atoms with Crippen LogP contribution in [-0.2, 0) is 6.18 Å². The van der Waals surface area contributed by atoms with E-state index in [-0.39, 0.29) is 17.0 Å². The van der Waals surface area contributed by atoms with Crippen LogP contribution >= 0.6 is 15.9 Å². The molecule has 0 atom stereocenters. The number of H-pyrrole nitrogens is 2. The first-order valence-electron chi connectivity index (χ1n) is 7.86. The number of nitrogens with one attached hydrogen (secondary N) is 3. The van der Waals surface area contributed by atoms with Gasteiger partial charge in [0.15, 0.2) is 0 Å². The van der Waals surface area contributed by atoms with Crippen LogP contribution in [-0.4, -0.2) is 31.5 Å². The number of amides is 1. The quantitative estimate of drug-likeness (QED) is 0.431. The Morgan fingerprint density at radius 2 is 1.93 bits per heavy atom. The van der Waals surface area contributed by atoms with Gasteiger partial charge in [0.1, 0.15) is 5.69 Å². The molecule has 7 nitrogen and oxygen atoms in total. The summed E-state index contributed by atoms with van der Waals surface area (Å²) in [6.07, 6.45) is -4.46. The maximum atomic E-state index is 12.9. The van der Waals surface area contributed by atoms with Crippen LogP contribution in [0.4, 0.5) is 18.9 Å². The van der Waals surface area contributed by atoms with Gasteiger partial charge in [-0.15, -0.1) is 10.2 Å². The molecule has 0 fully saturated rings. The Morgan fingerprint density at radius 3 is 2.64 bits per heavy atom. The molecule has 0 unspecified atom stereocenters. The average Bonchev–Trinajstić information content (AvgIpc) is 3.31. The van der Waals surface area contributed by atoms with E-state index < -0.39 is 17.6 Å². The van der Waals surface area contributed by atoms with Crippen LogP contribution in [0.25, 0.3) is 22.3 Å². The monoisotopic (exact) mass is 450 g/mol. The number of carbonyl (C=O) groups excluding carboxylic acids is 1. The molecule has 11 heteroatoms. The Hall–Kier alpha value is -3.21. The maximum Gasteiger partial charge on any atom is 0.416 e. The summed E-state index contributed by atoms with van der Waals surface area (Å²) in [6, 6.07) is 9.82. The lowest BCUT2D eigenvalue weighted by Gasteiger charge is -2.08. The summed E-state index contributed by atoms with van der Waals surface area (Å²) >= 11 is 3.34. The molecule has 0 spiro atoms. The van der Waals surface area contributed by atoms with Crippen LogP contribution in [0.2, 0.25) is 0 Å². The van der Waals surface area contributed by atoms with E-state index in [4.69, 9.17) is 0 Å². The van der Waals surface area contributed by atoms with Gasteiger partial charge in [-0.25, -0.2) is 0 Å². The van der Waals surface area contributed by atoms with E-state index in [0.717, 1.165) is 16.6 Å². The third-order valence-electron chi connectivity index (χ3n) is 4.01. The van der Waals surface area contributed by atoms with E-state index in [1.807, 2.05) is 0 Å². The van der Waals surface area contributed by atoms with E-state index in [1.54, 1.807) is 18.2 Å². The molecule has 0 bridgehead atoms. The number of fused-ring (bicyclic) bond motifs is 1. The van der Waals surface area contributed by atoms with Crippen molar-refractivity contribution >= 4 is 38.4 Å². The summed E-state index contributed by atoms with van der Waals surface area (Å²) in [7, 11) is 0. The molecule has 28 heavy (non-hydrogen) atoms. The lowest BCUT2D eigenvalue weighted by Crippen LogP contribution is -2.13. The van der Waals surface area contributed by atoms with Gasteiger partial charge in [-0.1, -0.05) is 22.0 Å². The molecule has 1 amide bonds. The van der Waals surface area contributed by atoms with Crippen molar-refractivity contribution in [2.75, 3.05) is 5.32 Å². The molecule has 0 saturated carbocycles.